The van der Waals surface area contributed by atoms with Gasteiger partial charge in [-0.3, -0.25) is 14.6 Å². The van der Waals surface area contributed by atoms with E-state index in [1.807, 2.05) is 19.0 Å². The molecule has 5 heteroatoms. The van der Waals surface area contributed by atoms with E-state index >= 15 is 0 Å². The molecule has 0 aliphatic rings. The predicted octanol–water partition coefficient (Wildman–Crippen LogP) is 2.21. The third kappa shape index (κ3) is 2.51. The van der Waals surface area contributed by atoms with E-state index in [4.69, 9.17) is 0 Å². The van der Waals surface area contributed by atoms with Crippen molar-refractivity contribution in [3.8, 4) is 0 Å². The van der Waals surface area contributed by atoms with Crippen molar-refractivity contribution in [1.82, 2.24) is 14.9 Å². The largest absolute Gasteiger partial charge is 0.352 e. The number of Topliss-reactive ketones (excluding diaryl/α,β-unsaturated/α-hetero) is 1. The molecule has 0 unspecified atom stereocenters. The minimum Gasteiger partial charge on any atom is -0.352 e. The lowest BCUT2D eigenvalue weighted by atomic mass is 10.0. The maximum Gasteiger partial charge on any atom is 0.215 e. The van der Waals surface area contributed by atoms with Gasteiger partial charge in [-0.15, -0.1) is 0 Å². The van der Waals surface area contributed by atoms with E-state index in [1.54, 1.807) is 36.5 Å². The number of H-pyrrole nitrogens is 1. The first-order valence-electron chi connectivity index (χ1n) is 7.15. The molecule has 3 aromatic rings. The maximum atomic E-state index is 12.5. The van der Waals surface area contributed by atoms with Crippen molar-refractivity contribution in [2.24, 2.45) is 0 Å². The van der Waals surface area contributed by atoms with Crippen LogP contribution in [0.25, 0.3) is 21.9 Å². The molecule has 22 heavy (non-hydrogen) atoms. The Hall–Kier alpha value is -2.53. The number of rotatable bonds is 4. The molecule has 3 rings (SSSR count). The summed E-state index contributed by atoms with van der Waals surface area (Å²) in [6, 6.07) is 8.80. The van der Waals surface area contributed by atoms with Crippen molar-refractivity contribution in [2.45, 2.75) is 6.42 Å². The van der Waals surface area contributed by atoms with Gasteiger partial charge in [0.1, 0.15) is 5.52 Å². The van der Waals surface area contributed by atoms with E-state index < -0.39 is 0 Å². The maximum absolute atomic E-state index is 12.5. The number of carbonyl (C=O) groups excluding carboxylic acids is 1. The van der Waals surface area contributed by atoms with Gasteiger partial charge < -0.3 is 9.88 Å². The predicted molar refractivity (Wildman–Crippen MR) is 87.4 cm³/mol. The lowest BCUT2D eigenvalue weighted by Gasteiger charge is -2.10. The number of nitrogens with one attached hydrogen (secondary N) is 1. The molecule has 0 saturated heterocycles. The van der Waals surface area contributed by atoms with E-state index in [9.17, 15) is 9.59 Å². The molecule has 0 amide bonds. The Morgan fingerprint density at radius 2 is 2.05 bits per heavy atom. The van der Waals surface area contributed by atoms with Crippen molar-refractivity contribution < 1.29 is 4.79 Å². The molecule has 0 saturated carbocycles. The molecular weight excluding hydrogens is 278 g/mol. The number of benzene rings is 1. The van der Waals surface area contributed by atoms with Crippen LogP contribution in [0.15, 0.2) is 41.3 Å². The molecule has 0 fully saturated rings. The molecule has 0 atom stereocenters. The second kappa shape index (κ2) is 5.69. The molecule has 0 radical (unpaired) electrons. The molecule has 0 bridgehead atoms. The first kappa shape index (κ1) is 14.4. The molecule has 0 aliphatic carbocycles. The Morgan fingerprint density at radius 3 is 2.82 bits per heavy atom. The standard InChI is InChI=1S/C17H17N3O2/c1-20(2)10-8-14(21)11-5-3-6-12-15(11)19-13-7-4-9-18-16(13)17(12)22/h3-7,9H,8,10H2,1-2H3,(H,19,22). The second-order valence-corrected chi connectivity index (χ2v) is 5.56. The summed E-state index contributed by atoms with van der Waals surface area (Å²) in [4.78, 5) is 34.3. The zero-order valence-electron chi connectivity index (χ0n) is 12.6. The zero-order chi connectivity index (χ0) is 15.7. The van der Waals surface area contributed by atoms with Crippen LogP contribution < -0.4 is 5.43 Å². The van der Waals surface area contributed by atoms with Gasteiger partial charge in [-0.2, -0.15) is 0 Å². The van der Waals surface area contributed by atoms with Crippen molar-refractivity contribution >= 4 is 27.7 Å². The number of nitrogens with zero attached hydrogens (tertiary/aromatic N) is 2. The molecule has 0 spiro atoms. The fourth-order valence-corrected chi connectivity index (χ4v) is 2.52. The molecule has 5 nitrogen and oxygen atoms in total. The Kier molecular flexibility index (Phi) is 3.73. The highest BCUT2D eigenvalue weighted by atomic mass is 16.1. The van der Waals surface area contributed by atoms with Crippen LogP contribution in [0.5, 0.6) is 0 Å². The topological polar surface area (TPSA) is 66.1 Å². The average molecular weight is 295 g/mol. The van der Waals surface area contributed by atoms with Crippen LogP contribution in [-0.4, -0.2) is 41.3 Å². The summed E-state index contributed by atoms with van der Waals surface area (Å²) in [7, 11) is 3.86. The number of fused-ring (bicyclic) bond motifs is 2. The lowest BCUT2D eigenvalue weighted by molar-refractivity contribution is 0.0974. The highest BCUT2D eigenvalue weighted by Crippen LogP contribution is 2.18. The van der Waals surface area contributed by atoms with E-state index in [-0.39, 0.29) is 11.2 Å². The molecule has 112 valence electrons. The average Bonchev–Trinajstić information content (AvgIpc) is 2.52. The lowest BCUT2D eigenvalue weighted by Crippen LogP contribution is -2.17. The highest BCUT2D eigenvalue weighted by molar-refractivity contribution is 6.08. The number of para-hydroxylation sites is 1. The summed E-state index contributed by atoms with van der Waals surface area (Å²) >= 11 is 0. The number of aromatic amines is 1. The van der Waals surface area contributed by atoms with Crippen LogP contribution >= 0.6 is 0 Å². The summed E-state index contributed by atoms with van der Waals surface area (Å²) in [5.74, 6) is 0.0261. The first-order chi connectivity index (χ1) is 10.6. The molecule has 2 aromatic heterocycles. The van der Waals surface area contributed by atoms with Crippen molar-refractivity contribution in [3.63, 3.8) is 0 Å². The molecular formula is C17H17N3O2. The van der Waals surface area contributed by atoms with Gasteiger partial charge in [0.2, 0.25) is 5.43 Å². The van der Waals surface area contributed by atoms with Crippen molar-refractivity contribution in [1.29, 1.82) is 0 Å². The van der Waals surface area contributed by atoms with Gasteiger partial charge in [0.25, 0.3) is 0 Å². The van der Waals surface area contributed by atoms with Gasteiger partial charge in [0.05, 0.1) is 11.0 Å². The molecule has 2 heterocycles. The quantitative estimate of drug-likeness (QED) is 0.592. The summed E-state index contributed by atoms with van der Waals surface area (Å²) in [6.07, 6.45) is 2.01. The van der Waals surface area contributed by atoms with Crippen LogP contribution in [-0.2, 0) is 0 Å². The summed E-state index contributed by atoms with van der Waals surface area (Å²) in [6.45, 7) is 0.675. The summed E-state index contributed by atoms with van der Waals surface area (Å²) in [5, 5.41) is 0.502. The zero-order valence-corrected chi connectivity index (χ0v) is 12.6. The Balaban J connectivity index is 2.20. The normalized spacial score (nSPS) is 11.4. The Morgan fingerprint density at radius 1 is 1.23 bits per heavy atom. The monoisotopic (exact) mass is 295 g/mol. The van der Waals surface area contributed by atoms with Gasteiger partial charge in [0.15, 0.2) is 5.78 Å². The summed E-state index contributed by atoms with van der Waals surface area (Å²) in [5.41, 5.74) is 2.05. The highest BCUT2D eigenvalue weighted by Gasteiger charge is 2.14. The van der Waals surface area contributed by atoms with Crippen molar-refractivity contribution in [3.05, 3.63) is 52.3 Å². The number of aromatic nitrogens is 2. The van der Waals surface area contributed by atoms with E-state index in [0.29, 0.717) is 40.5 Å². The number of ketones is 1. The van der Waals surface area contributed by atoms with Gasteiger partial charge in [-0.05, 0) is 38.4 Å². The molecule has 0 aliphatic heterocycles. The minimum absolute atomic E-state index is 0.0261. The van der Waals surface area contributed by atoms with Crippen LogP contribution in [0.3, 0.4) is 0 Å². The van der Waals surface area contributed by atoms with Gasteiger partial charge in [0, 0.05) is 30.1 Å². The molecule has 1 N–H and O–H groups in total. The number of hydrogen-bond acceptors (Lipinski definition) is 4. The van der Waals surface area contributed by atoms with E-state index in [1.165, 1.54) is 0 Å². The minimum atomic E-state index is -0.147. The van der Waals surface area contributed by atoms with Crippen LogP contribution in [0.2, 0.25) is 0 Å². The Bertz CT molecular complexity index is 913. The van der Waals surface area contributed by atoms with Crippen molar-refractivity contribution in [2.75, 3.05) is 20.6 Å². The number of carbonyl (C=O) groups is 1. The Labute approximate surface area is 127 Å². The number of hydrogen-bond donors (Lipinski definition) is 1. The summed E-state index contributed by atoms with van der Waals surface area (Å²) < 4.78 is 0. The number of pyridine rings is 2. The van der Waals surface area contributed by atoms with Gasteiger partial charge in [-0.1, -0.05) is 6.07 Å². The van der Waals surface area contributed by atoms with E-state index in [0.717, 1.165) is 0 Å². The third-order valence-corrected chi connectivity index (χ3v) is 3.68. The molecule has 1 aromatic carbocycles. The first-order valence-corrected chi connectivity index (χ1v) is 7.15. The van der Waals surface area contributed by atoms with E-state index in [2.05, 4.69) is 9.97 Å². The SMILES string of the molecule is CN(C)CCC(=O)c1cccc2c(=O)c3ncccc3[nH]c12. The fourth-order valence-electron chi connectivity index (χ4n) is 2.52. The smallest absolute Gasteiger partial charge is 0.215 e. The second-order valence-electron chi connectivity index (χ2n) is 5.56. The fraction of sp³-hybridized carbons (Fsp3) is 0.235. The van der Waals surface area contributed by atoms with Crippen LogP contribution in [0.1, 0.15) is 16.8 Å². The van der Waals surface area contributed by atoms with Crippen LogP contribution in [0, 0.1) is 0 Å². The van der Waals surface area contributed by atoms with Gasteiger partial charge in [-0.25, -0.2) is 0 Å². The third-order valence-electron chi connectivity index (χ3n) is 3.68. The van der Waals surface area contributed by atoms with Crippen LogP contribution in [0.4, 0.5) is 0 Å². The van der Waals surface area contributed by atoms with Gasteiger partial charge >= 0.3 is 0 Å².